The largest absolute Gasteiger partial charge is 0.294 e. The Bertz CT molecular complexity index is 200. The van der Waals surface area contributed by atoms with Gasteiger partial charge in [-0.05, 0) is 6.08 Å². The van der Waals surface area contributed by atoms with E-state index in [1.807, 2.05) is 0 Å². The summed E-state index contributed by atoms with van der Waals surface area (Å²) < 4.78 is 24.7. The van der Waals surface area contributed by atoms with Gasteiger partial charge in [-0.1, -0.05) is 13.5 Å². The molecule has 0 aromatic carbocycles. The molecule has 1 aliphatic carbocycles. The number of rotatable bonds is 2. The van der Waals surface area contributed by atoms with E-state index in [-0.39, 0.29) is 18.6 Å². The molecule has 1 nitrogen and oxygen atoms in total. The van der Waals surface area contributed by atoms with Gasteiger partial charge in [0.25, 0.3) is 0 Å². The van der Waals surface area contributed by atoms with E-state index in [4.69, 9.17) is 0 Å². The lowest BCUT2D eigenvalue weighted by Gasteiger charge is -2.42. The van der Waals surface area contributed by atoms with Crippen molar-refractivity contribution >= 4 is 5.78 Å². The van der Waals surface area contributed by atoms with Crippen LogP contribution in [0.3, 0.4) is 0 Å². The minimum absolute atomic E-state index is 0.275. The van der Waals surface area contributed by atoms with Gasteiger partial charge in [-0.2, -0.15) is 0 Å². The number of ketones is 1. The highest BCUT2D eigenvalue weighted by Gasteiger charge is 2.56. The lowest BCUT2D eigenvalue weighted by molar-refractivity contribution is -0.168. The van der Waals surface area contributed by atoms with Gasteiger partial charge in [-0.3, -0.25) is 4.79 Å². The SMILES string of the molecule is C=CC(=O)C1(C)CC(F)(F)C1. The van der Waals surface area contributed by atoms with Gasteiger partial charge in [0.15, 0.2) is 5.78 Å². The molecule has 0 N–H and O–H groups in total. The van der Waals surface area contributed by atoms with E-state index in [1.165, 1.54) is 0 Å². The minimum Gasteiger partial charge on any atom is -0.294 e. The summed E-state index contributed by atoms with van der Waals surface area (Å²) in [6.07, 6.45) is 0.463. The summed E-state index contributed by atoms with van der Waals surface area (Å²) in [6, 6.07) is 0. The maximum atomic E-state index is 12.3. The Morgan fingerprint density at radius 1 is 1.55 bits per heavy atom. The summed E-state index contributed by atoms with van der Waals surface area (Å²) >= 11 is 0. The number of alkyl halides is 2. The average Bonchev–Trinajstić information content (AvgIpc) is 1.81. The summed E-state index contributed by atoms with van der Waals surface area (Å²) in [5.41, 5.74) is -0.842. The molecule has 1 fully saturated rings. The molecule has 0 heterocycles. The highest BCUT2D eigenvalue weighted by Crippen LogP contribution is 2.52. The van der Waals surface area contributed by atoms with Gasteiger partial charge in [0.2, 0.25) is 5.92 Å². The second-order valence-electron chi connectivity index (χ2n) is 3.34. The lowest BCUT2D eigenvalue weighted by atomic mass is 9.65. The van der Waals surface area contributed by atoms with Crippen molar-refractivity contribution < 1.29 is 13.6 Å². The predicted octanol–water partition coefficient (Wildman–Crippen LogP) is 2.18. The topological polar surface area (TPSA) is 17.1 Å². The van der Waals surface area contributed by atoms with Crippen LogP contribution in [0.25, 0.3) is 0 Å². The van der Waals surface area contributed by atoms with Gasteiger partial charge in [-0.25, -0.2) is 8.78 Å². The Hall–Kier alpha value is -0.730. The molecule has 1 aliphatic rings. The molecule has 0 aromatic rings. The van der Waals surface area contributed by atoms with Gasteiger partial charge in [-0.15, -0.1) is 0 Å². The van der Waals surface area contributed by atoms with Crippen LogP contribution in [0.5, 0.6) is 0 Å². The molecule has 0 aliphatic heterocycles. The summed E-state index contributed by atoms with van der Waals surface area (Å²) in [5.74, 6) is -2.91. The molecule has 0 atom stereocenters. The van der Waals surface area contributed by atoms with Crippen LogP contribution in [-0.4, -0.2) is 11.7 Å². The molecule has 0 bridgehead atoms. The fraction of sp³-hybridized carbons (Fsp3) is 0.625. The molecule has 1 rings (SSSR count). The van der Waals surface area contributed by atoms with Crippen molar-refractivity contribution in [2.24, 2.45) is 5.41 Å². The number of halogens is 2. The van der Waals surface area contributed by atoms with E-state index in [2.05, 4.69) is 6.58 Å². The Morgan fingerprint density at radius 3 is 2.27 bits per heavy atom. The fourth-order valence-corrected chi connectivity index (χ4v) is 1.51. The molecular formula is C8H10F2O. The van der Waals surface area contributed by atoms with Crippen molar-refractivity contribution in [1.29, 1.82) is 0 Å². The van der Waals surface area contributed by atoms with Crippen LogP contribution in [0.15, 0.2) is 12.7 Å². The molecule has 0 amide bonds. The van der Waals surface area contributed by atoms with E-state index in [9.17, 15) is 13.6 Å². The normalized spacial score (nSPS) is 25.4. The Kier molecular flexibility index (Phi) is 1.62. The Labute approximate surface area is 64.1 Å². The highest BCUT2D eigenvalue weighted by molar-refractivity contribution is 5.95. The van der Waals surface area contributed by atoms with Crippen LogP contribution < -0.4 is 0 Å². The average molecular weight is 160 g/mol. The van der Waals surface area contributed by atoms with Crippen molar-refractivity contribution in [3.63, 3.8) is 0 Å². The monoisotopic (exact) mass is 160 g/mol. The first-order valence-electron chi connectivity index (χ1n) is 3.44. The quantitative estimate of drug-likeness (QED) is 0.566. The first-order chi connectivity index (χ1) is 4.90. The minimum atomic E-state index is -2.63. The molecular weight excluding hydrogens is 150 g/mol. The summed E-state index contributed by atoms with van der Waals surface area (Å²) in [4.78, 5) is 11.0. The van der Waals surface area contributed by atoms with Gasteiger partial charge < -0.3 is 0 Å². The van der Waals surface area contributed by atoms with E-state index in [0.29, 0.717) is 0 Å². The first kappa shape index (κ1) is 8.37. The Morgan fingerprint density at radius 2 is 2.00 bits per heavy atom. The van der Waals surface area contributed by atoms with Crippen LogP contribution in [0, 0.1) is 5.41 Å². The maximum Gasteiger partial charge on any atom is 0.250 e. The van der Waals surface area contributed by atoms with Crippen molar-refractivity contribution in [1.82, 2.24) is 0 Å². The highest BCUT2D eigenvalue weighted by atomic mass is 19.3. The van der Waals surface area contributed by atoms with E-state index < -0.39 is 11.3 Å². The zero-order chi connectivity index (χ0) is 8.70. The van der Waals surface area contributed by atoms with Crippen molar-refractivity contribution in [3.8, 4) is 0 Å². The predicted molar refractivity (Wildman–Crippen MR) is 37.5 cm³/mol. The molecule has 1 saturated carbocycles. The maximum absolute atomic E-state index is 12.3. The van der Waals surface area contributed by atoms with Crippen LogP contribution in [0.2, 0.25) is 0 Å². The van der Waals surface area contributed by atoms with Crippen LogP contribution in [0.4, 0.5) is 8.78 Å². The van der Waals surface area contributed by atoms with Crippen LogP contribution >= 0.6 is 0 Å². The van der Waals surface area contributed by atoms with Gasteiger partial charge in [0.05, 0.1) is 0 Å². The number of hydrogen-bond donors (Lipinski definition) is 0. The molecule has 62 valence electrons. The molecule has 0 aromatic heterocycles. The Balaban J connectivity index is 2.63. The molecule has 0 saturated heterocycles. The zero-order valence-electron chi connectivity index (χ0n) is 6.36. The lowest BCUT2D eigenvalue weighted by Crippen LogP contribution is -2.48. The first-order valence-corrected chi connectivity index (χ1v) is 3.44. The summed E-state index contributed by atoms with van der Waals surface area (Å²) in [7, 11) is 0. The smallest absolute Gasteiger partial charge is 0.250 e. The molecule has 0 spiro atoms. The van der Waals surface area contributed by atoms with Gasteiger partial charge in [0, 0.05) is 18.3 Å². The van der Waals surface area contributed by atoms with Crippen molar-refractivity contribution in [3.05, 3.63) is 12.7 Å². The number of hydrogen-bond acceptors (Lipinski definition) is 1. The van der Waals surface area contributed by atoms with Crippen molar-refractivity contribution in [2.75, 3.05) is 0 Å². The number of carbonyl (C=O) groups excluding carboxylic acids is 1. The van der Waals surface area contributed by atoms with E-state index >= 15 is 0 Å². The molecule has 0 radical (unpaired) electrons. The molecule has 3 heteroatoms. The second-order valence-corrected chi connectivity index (χ2v) is 3.34. The van der Waals surface area contributed by atoms with Crippen molar-refractivity contribution in [2.45, 2.75) is 25.7 Å². The molecule has 11 heavy (non-hydrogen) atoms. The number of allylic oxidation sites excluding steroid dienone is 1. The third-order valence-corrected chi connectivity index (χ3v) is 2.08. The van der Waals surface area contributed by atoms with Gasteiger partial charge >= 0.3 is 0 Å². The fourth-order valence-electron chi connectivity index (χ4n) is 1.51. The summed E-state index contributed by atoms with van der Waals surface area (Å²) in [6.45, 7) is 4.81. The third kappa shape index (κ3) is 1.32. The van der Waals surface area contributed by atoms with E-state index in [1.54, 1.807) is 6.92 Å². The zero-order valence-corrected chi connectivity index (χ0v) is 6.36. The summed E-state index contributed by atoms with van der Waals surface area (Å²) in [5, 5.41) is 0. The number of carbonyl (C=O) groups is 1. The van der Waals surface area contributed by atoms with E-state index in [0.717, 1.165) is 6.08 Å². The second kappa shape index (κ2) is 2.13. The third-order valence-electron chi connectivity index (χ3n) is 2.08. The van der Waals surface area contributed by atoms with Crippen LogP contribution in [-0.2, 0) is 4.79 Å². The standard InChI is InChI=1S/C8H10F2O/c1-3-6(11)7(2)4-8(9,10)5-7/h3H,1,4-5H2,2H3. The van der Waals surface area contributed by atoms with Crippen LogP contribution in [0.1, 0.15) is 19.8 Å². The van der Waals surface area contributed by atoms with Gasteiger partial charge in [0.1, 0.15) is 0 Å². The molecule has 0 unspecified atom stereocenters.